The van der Waals surface area contributed by atoms with Crippen LogP contribution in [0.3, 0.4) is 0 Å². The van der Waals surface area contributed by atoms with Gasteiger partial charge < -0.3 is 4.74 Å². The number of aromatic nitrogens is 2. The van der Waals surface area contributed by atoms with Gasteiger partial charge in [-0.05, 0) is 43.0 Å². The molecule has 0 aliphatic carbocycles. The molecule has 21 heavy (non-hydrogen) atoms. The molecule has 4 heteroatoms. The Morgan fingerprint density at radius 1 is 1.24 bits per heavy atom. The summed E-state index contributed by atoms with van der Waals surface area (Å²) in [5.74, 6) is 1.69. The van der Waals surface area contributed by atoms with Crippen molar-refractivity contribution in [2.75, 3.05) is 20.2 Å². The molecule has 1 aromatic heterocycles. The second-order valence-corrected chi connectivity index (χ2v) is 5.96. The molecular weight excluding hydrogens is 262 g/mol. The van der Waals surface area contributed by atoms with Gasteiger partial charge >= 0.3 is 0 Å². The molecule has 1 saturated heterocycles. The smallest absolute Gasteiger partial charge is 0.118 e. The Bertz CT molecular complexity index is 576. The lowest BCUT2D eigenvalue weighted by molar-refractivity contribution is 0.316. The molecule has 112 valence electrons. The molecule has 0 amide bonds. The first-order valence-corrected chi connectivity index (χ1v) is 7.56. The first-order chi connectivity index (χ1) is 10.2. The summed E-state index contributed by atoms with van der Waals surface area (Å²) in [4.78, 5) is 2.53. The van der Waals surface area contributed by atoms with E-state index in [1.165, 1.54) is 30.6 Å². The third kappa shape index (κ3) is 3.64. The Morgan fingerprint density at radius 3 is 2.71 bits per heavy atom. The highest BCUT2D eigenvalue weighted by Crippen LogP contribution is 2.23. The number of nitrogens with zero attached hydrogens (tertiary/aromatic N) is 3. The summed E-state index contributed by atoms with van der Waals surface area (Å²) < 4.78 is 7.08. The average molecular weight is 285 g/mol. The fraction of sp³-hybridized carbons (Fsp3) is 0.471. The molecule has 1 atom stereocenters. The second kappa shape index (κ2) is 6.31. The molecule has 0 saturated carbocycles. The third-order valence-electron chi connectivity index (χ3n) is 4.22. The van der Waals surface area contributed by atoms with Gasteiger partial charge in [-0.3, -0.25) is 9.58 Å². The molecule has 1 unspecified atom stereocenters. The Morgan fingerprint density at radius 2 is 2.05 bits per heavy atom. The molecule has 4 nitrogen and oxygen atoms in total. The normalized spacial score (nSPS) is 19.0. The number of hydrogen-bond donors (Lipinski definition) is 0. The van der Waals surface area contributed by atoms with Gasteiger partial charge in [0.15, 0.2) is 0 Å². The number of hydrogen-bond acceptors (Lipinski definition) is 3. The van der Waals surface area contributed by atoms with Gasteiger partial charge in [0.2, 0.25) is 0 Å². The van der Waals surface area contributed by atoms with E-state index in [1.54, 1.807) is 7.11 Å². The Labute approximate surface area is 126 Å². The molecule has 0 N–H and O–H groups in total. The zero-order valence-corrected chi connectivity index (χ0v) is 12.8. The van der Waals surface area contributed by atoms with Crippen LogP contribution in [0.4, 0.5) is 0 Å². The lowest BCUT2D eigenvalue weighted by atomic mass is 9.99. The molecule has 0 bridgehead atoms. The van der Waals surface area contributed by atoms with Crippen molar-refractivity contribution in [2.45, 2.75) is 19.4 Å². The number of likely N-dealkylation sites (tertiary alicyclic amines) is 1. The molecule has 1 aliphatic heterocycles. The van der Waals surface area contributed by atoms with Crippen LogP contribution in [-0.2, 0) is 20.0 Å². The fourth-order valence-corrected chi connectivity index (χ4v) is 3.13. The van der Waals surface area contributed by atoms with Crippen LogP contribution in [0.5, 0.6) is 5.75 Å². The maximum Gasteiger partial charge on any atom is 0.118 e. The molecule has 3 rings (SSSR count). The molecule has 0 radical (unpaired) electrons. The summed E-state index contributed by atoms with van der Waals surface area (Å²) >= 11 is 0. The molecule has 1 aliphatic rings. The molecule has 1 aromatic carbocycles. The van der Waals surface area contributed by atoms with Crippen molar-refractivity contribution in [3.63, 3.8) is 0 Å². The Hall–Kier alpha value is -1.81. The highest BCUT2D eigenvalue weighted by Gasteiger charge is 2.22. The first-order valence-electron chi connectivity index (χ1n) is 7.56. The topological polar surface area (TPSA) is 30.3 Å². The van der Waals surface area contributed by atoms with Crippen LogP contribution in [0.2, 0.25) is 0 Å². The number of rotatable bonds is 5. The maximum absolute atomic E-state index is 5.21. The highest BCUT2D eigenvalue weighted by atomic mass is 16.5. The predicted octanol–water partition coefficient (Wildman–Crippen LogP) is 2.49. The van der Waals surface area contributed by atoms with Gasteiger partial charge in [0.1, 0.15) is 5.75 Å². The van der Waals surface area contributed by atoms with Gasteiger partial charge in [-0.25, -0.2) is 0 Å². The van der Waals surface area contributed by atoms with Crippen molar-refractivity contribution in [1.29, 1.82) is 0 Å². The summed E-state index contributed by atoms with van der Waals surface area (Å²) in [6.07, 6.45) is 6.52. The quantitative estimate of drug-likeness (QED) is 0.845. The number of benzene rings is 1. The van der Waals surface area contributed by atoms with Gasteiger partial charge in [0, 0.05) is 31.9 Å². The summed E-state index contributed by atoms with van der Waals surface area (Å²) in [7, 11) is 3.68. The van der Waals surface area contributed by atoms with Crippen LogP contribution in [0.25, 0.3) is 0 Å². The van der Waals surface area contributed by atoms with E-state index >= 15 is 0 Å². The Balaban J connectivity index is 1.52. The van der Waals surface area contributed by atoms with Crippen LogP contribution < -0.4 is 4.74 Å². The summed E-state index contributed by atoms with van der Waals surface area (Å²) in [5, 5.41) is 4.24. The van der Waals surface area contributed by atoms with E-state index in [0.717, 1.165) is 24.6 Å². The minimum absolute atomic E-state index is 0.759. The third-order valence-corrected chi connectivity index (χ3v) is 4.22. The van der Waals surface area contributed by atoms with Gasteiger partial charge in [0.05, 0.1) is 13.3 Å². The van der Waals surface area contributed by atoms with Crippen molar-refractivity contribution in [3.8, 4) is 5.75 Å². The lowest BCUT2D eigenvalue weighted by Crippen LogP contribution is -2.20. The minimum atomic E-state index is 0.759. The monoisotopic (exact) mass is 285 g/mol. The molecule has 1 fully saturated rings. The fourth-order valence-electron chi connectivity index (χ4n) is 3.13. The molecular formula is C17H23N3O. The van der Waals surface area contributed by atoms with Crippen molar-refractivity contribution in [2.24, 2.45) is 13.0 Å². The van der Waals surface area contributed by atoms with Crippen LogP contribution in [0, 0.1) is 5.92 Å². The van der Waals surface area contributed by atoms with Crippen LogP contribution >= 0.6 is 0 Å². The molecule has 2 heterocycles. The first kappa shape index (κ1) is 14.1. The number of ether oxygens (including phenoxy) is 1. The largest absolute Gasteiger partial charge is 0.497 e. The highest BCUT2D eigenvalue weighted by molar-refractivity contribution is 5.27. The predicted molar refractivity (Wildman–Crippen MR) is 83.3 cm³/mol. The second-order valence-electron chi connectivity index (χ2n) is 5.96. The zero-order valence-electron chi connectivity index (χ0n) is 12.8. The maximum atomic E-state index is 5.21. The minimum Gasteiger partial charge on any atom is -0.497 e. The van der Waals surface area contributed by atoms with Gasteiger partial charge in [-0.15, -0.1) is 0 Å². The van der Waals surface area contributed by atoms with Crippen LogP contribution in [-0.4, -0.2) is 34.9 Å². The van der Waals surface area contributed by atoms with Crippen LogP contribution in [0.1, 0.15) is 17.5 Å². The lowest BCUT2D eigenvalue weighted by Gasteiger charge is -2.15. The van der Waals surface area contributed by atoms with E-state index in [1.807, 2.05) is 17.9 Å². The van der Waals surface area contributed by atoms with Gasteiger partial charge in [-0.2, -0.15) is 5.10 Å². The van der Waals surface area contributed by atoms with Gasteiger partial charge in [0.25, 0.3) is 0 Å². The van der Waals surface area contributed by atoms with E-state index in [4.69, 9.17) is 4.74 Å². The van der Waals surface area contributed by atoms with Crippen LogP contribution in [0.15, 0.2) is 36.7 Å². The number of methoxy groups -OCH3 is 1. The molecule has 2 aromatic rings. The Kier molecular flexibility index (Phi) is 4.25. The van der Waals surface area contributed by atoms with E-state index in [9.17, 15) is 0 Å². The summed E-state index contributed by atoms with van der Waals surface area (Å²) in [5.41, 5.74) is 2.71. The van der Waals surface area contributed by atoms with E-state index < -0.39 is 0 Å². The standard InChI is InChI=1S/C17H23N3O/c1-19-11-16(10-18-19)13-20-8-7-15(12-20)9-14-3-5-17(21-2)6-4-14/h3-6,10-11,15H,7-9,12-13H2,1-2H3. The van der Waals surface area contributed by atoms with E-state index in [-0.39, 0.29) is 0 Å². The summed E-state index contributed by atoms with van der Waals surface area (Å²) in [6, 6.07) is 8.47. The van der Waals surface area contributed by atoms with Crippen molar-refractivity contribution < 1.29 is 4.74 Å². The SMILES string of the molecule is COc1ccc(CC2CCN(Cc3cnn(C)c3)C2)cc1. The summed E-state index contributed by atoms with van der Waals surface area (Å²) in [6.45, 7) is 3.39. The number of aryl methyl sites for hydroxylation is 1. The zero-order chi connectivity index (χ0) is 14.7. The van der Waals surface area contributed by atoms with E-state index in [2.05, 4.69) is 40.5 Å². The average Bonchev–Trinajstić information content (AvgIpc) is 3.09. The van der Waals surface area contributed by atoms with E-state index in [0.29, 0.717) is 0 Å². The van der Waals surface area contributed by atoms with Gasteiger partial charge in [-0.1, -0.05) is 12.1 Å². The van der Waals surface area contributed by atoms with Crippen molar-refractivity contribution >= 4 is 0 Å². The van der Waals surface area contributed by atoms with Crippen molar-refractivity contribution in [3.05, 3.63) is 47.8 Å². The molecule has 0 spiro atoms. The van der Waals surface area contributed by atoms with Crippen molar-refractivity contribution in [1.82, 2.24) is 14.7 Å².